The maximum Gasteiger partial charge on any atom is 0.254 e. The molecule has 0 saturated heterocycles. The summed E-state index contributed by atoms with van der Waals surface area (Å²) in [5.74, 6) is 0.280. The summed E-state index contributed by atoms with van der Waals surface area (Å²) in [5.41, 5.74) is 1.75. The van der Waals surface area contributed by atoms with Crippen molar-refractivity contribution in [1.29, 1.82) is 0 Å². The average molecular weight is 391 g/mol. The number of aromatic nitrogens is 1. The van der Waals surface area contributed by atoms with Crippen LogP contribution in [0.3, 0.4) is 0 Å². The number of nitrogens with one attached hydrogen (secondary N) is 1. The van der Waals surface area contributed by atoms with Crippen molar-refractivity contribution in [2.75, 3.05) is 11.9 Å². The monoisotopic (exact) mass is 391 g/mol. The van der Waals surface area contributed by atoms with Crippen molar-refractivity contribution in [3.63, 3.8) is 0 Å². The average Bonchev–Trinajstić information content (AvgIpc) is 3.06. The van der Waals surface area contributed by atoms with Crippen LogP contribution >= 0.6 is 11.3 Å². The van der Waals surface area contributed by atoms with Gasteiger partial charge in [0.1, 0.15) is 0 Å². The topological polar surface area (TPSA) is 62.3 Å². The van der Waals surface area contributed by atoms with Crippen molar-refractivity contribution < 1.29 is 9.59 Å². The lowest BCUT2D eigenvalue weighted by Gasteiger charge is -2.26. The van der Waals surface area contributed by atoms with Gasteiger partial charge in [0.05, 0.1) is 12.2 Å². The lowest BCUT2D eigenvalue weighted by molar-refractivity contribution is -0.122. The molecular formula is C22H21N3O2S. The predicted molar refractivity (Wildman–Crippen MR) is 110 cm³/mol. The molecule has 5 rings (SSSR count). The molecule has 6 heteroatoms. The van der Waals surface area contributed by atoms with E-state index in [1.807, 2.05) is 47.4 Å². The molecule has 1 aromatic heterocycles. The van der Waals surface area contributed by atoms with Crippen LogP contribution in [0.1, 0.15) is 40.2 Å². The summed E-state index contributed by atoms with van der Waals surface area (Å²) in [6.07, 6.45) is 3.81. The highest BCUT2D eigenvalue weighted by Crippen LogP contribution is 2.32. The van der Waals surface area contributed by atoms with Gasteiger partial charge >= 0.3 is 0 Å². The molecule has 0 unspecified atom stereocenters. The summed E-state index contributed by atoms with van der Waals surface area (Å²) in [6, 6.07) is 13.8. The van der Waals surface area contributed by atoms with Crippen LogP contribution in [-0.4, -0.2) is 28.2 Å². The molecule has 1 N–H and O–H groups in total. The Bertz CT molecular complexity index is 1070. The van der Waals surface area contributed by atoms with Gasteiger partial charge in [-0.1, -0.05) is 54.2 Å². The van der Waals surface area contributed by atoms with E-state index in [0.717, 1.165) is 52.6 Å². The van der Waals surface area contributed by atoms with Crippen LogP contribution in [0.15, 0.2) is 42.5 Å². The van der Waals surface area contributed by atoms with Crippen LogP contribution in [0, 0.1) is 5.92 Å². The number of rotatable bonds is 3. The summed E-state index contributed by atoms with van der Waals surface area (Å²) < 4.78 is 0. The summed E-state index contributed by atoms with van der Waals surface area (Å²) >= 11 is 1.50. The molecule has 2 aromatic carbocycles. The first-order valence-electron chi connectivity index (χ1n) is 9.75. The van der Waals surface area contributed by atoms with Crippen LogP contribution in [0.2, 0.25) is 0 Å². The number of carbonyl (C=O) groups is 2. The van der Waals surface area contributed by atoms with Crippen molar-refractivity contribution in [3.8, 4) is 0 Å². The zero-order valence-electron chi connectivity index (χ0n) is 15.5. The Morgan fingerprint density at radius 1 is 1.11 bits per heavy atom. The Morgan fingerprint density at radius 3 is 2.75 bits per heavy atom. The lowest BCUT2D eigenvalue weighted by atomic mass is 9.85. The molecule has 0 bridgehead atoms. The molecule has 3 aromatic rings. The Kier molecular flexibility index (Phi) is 4.36. The number of amides is 2. The van der Waals surface area contributed by atoms with E-state index in [9.17, 15) is 9.59 Å². The zero-order valence-corrected chi connectivity index (χ0v) is 16.3. The van der Waals surface area contributed by atoms with Gasteiger partial charge in [0.15, 0.2) is 5.13 Å². The third kappa shape index (κ3) is 3.07. The van der Waals surface area contributed by atoms with E-state index < -0.39 is 0 Å². The minimum absolute atomic E-state index is 0.0518. The van der Waals surface area contributed by atoms with E-state index in [1.54, 1.807) is 0 Å². The predicted octanol–water partition coefficient (Wildman–Crippen LogP) is 4.23. The number of thiazole rings is 1. The SMILES string of the molecule is O=C(Nc1nc2c(s1)CN(C(=O)c1cccc3ccccc13)CC2)C1CCC1. The first-order valence-corrected chi connectivity index (χ1v) is 10.6. The van der Waals surface area contributed by atoms with Crippen LogP contribution < -0.4 is 5.32 Å². The highest BCUT2D eigenvalue weighted by molar-refractivity contribution is 7.15. The maximum absolute atomic E-state index is 13.2. The molecule has 0 atom stereocenters. The third-order valence-electron chi connectivity index (χ3n) is 5.74. The molecule has 1 saturated carbocycles. The van der Waals surface area contributed by atoms with E-state index in [4.69, 9.17) is 0 Å². The zero-order chi connectivity index (χ0) is 19.1. The minimum Gasteiger partial charge on any atom is -0.333 e. The molecule has 5 nitrogen and oxygen atoms in total. The van der Waals surface area contributed by atoms with Crippen molar-refractivity contribution in [3.05, 3.63) is 58.6 Å². The quantitative estimate of drug-likeness (QED) is 0.727. The number of nitrogens with zero attached hydrogens (tertiary/aromatic N) is 2. The Labute approximate surface area is 167 Å². The molecular weight excluding hydrogens is 370 g/mol. The number of hydrogen-bond donors (Lipinski definition) is 1. The van der Waals surface area contributed by atoms with Gasteiger partial charge in [-0.05, 0) is 29.7 Å². The molecule has 2 amide bonds. The molecule has 1 aliphatic carbocycles. The molecule has 2 aliphatic rings. The molecule has 0 spiro atoms. The smallest absolute Gasteiger partial charge is 0.254 e. The van der Waals surface area contributed by atoms with Gasteiger partial charge in [-0.25, -0.2) is 4.98 Å². The second-order valence-electron chi connectivity index (χ2n) is 7.51. The fourth-order valence-electron chi connectivity index (χ4n) is 3.88. The van der Waals surface area contributed by atoms with Crippen molar-refractivity contribution >= 4 is 39.1 Å². The van der Waals surface area contributed by atoms with Gasteiger partial charge in [-0.2, -0.15) is 0 Å². The first kappa shape index (κ1) is 17.4. The largest absolute Gasteiger partial charge is 0.333 e. The lowest BCUT2D eigenvalue weighted by Crippen LogP contribution is -2.35. The standard InChI is InChI=1S/C22H21N3O2S/c26-20(15-7-3-8-15)24-22-23-18-11-12-25(13-19(18)28-22)21(27)17-10-4-6-14-5-1-2-9-16(14)17/h1-2,4-6,9-10,15H,3,7-8,11-13H2,(H,23,24,26). The van der Waals surface area contributed by atoms with Crippen molar-refractivity contribution in [1.82, 2.24) is 9.88 Å². The highest BCUT2D eigenvalue weighted by atomic mass is 32.1. The highest BCUT2D eigenvalue weighted by Gasteiger charge is 2.28. The Hall–Kier alpha value is -2.73. The summed E-state index contributed by atoms with van der Waals surface area (Å²) in [6.45, 7) is 1.20. The van der Waals surface area contributed by atoms with Gasteiger partial charge in [0, 0.05) is 29.3 Å². The molecule has 28 heavy (non-hydrogen) atoms. The van der Waals surface area contributed by atoms with E-state index in [2.05, 4.69) is 10.3 Å². The number of benzene rings is 2. The normalized spacial score (nSPS) is 16.5. The maximum atomic E-state index is 13.2. The van der Waals surface area contributed by atoms with E-state index in [-0.39, 0.29) is 17.7 Å². The van der Waals surface area contributed by atoms with Gasteiger partial charge in [-0.15, -0.1) is 0 Å². The van der Waals surface area contributed by atoms with Crippen molar-refractivity contribution in [2.24, 2.45) is 5.92 Å². The van der Waals surface area contributed by atoms with Gasteiger partial charge in [-0.3, -0.25) is 9.59 Å². The van der Waals surface area contributed by atoms with Crippen molar-refractivity contribution in [2.45, 2.75) is 32.2 Å². The van der Waals surface area contributed by atoms with Crippen LogP contribution in [-0.2, 0) is 17.8 Å². The van der Waals surface area contributed by atoms with Gasteiger partial charge in [0.25, 0.3) is 5.91 Å². The summed E-state index contributed by atoms with van der Waals surface area (Å²) in [4.78, 5) is 32.9. The first-order chi connectivity index (χ1) is 13.7. The number of anilines is 1. The van der Waals surface area contributed by atoms with E-state index >= 15 is 0 Å². The van der Waals surface area contributed by atoms with Gasteiger partial charge in [0.2, 0.25) is 5.91 Å². The molecule has 1 aliphatic heterocycles. The number of hydrogen-bond acceptors (Lipinski definition) is 4. The molecule has 0 radical (unpaired) electrons. The molecule has 2 heterocycles. The second-order valence-corrected chi connectivity index (χ2v) is 8.59. The van der Waals surface area contributed by atoms with E-state index in [1.165, 1.54) is 11.3 Å². The molecule has 1 fully saturated rings. The summed E-state index contributed by atoms with van der Waals surface area (Å²) in [7, 11) is 0. The van der Waals surface area contributed by atoms with E-state index in [0.29, 0.717) is 18.2 Å². The number of carbonyl (C=O) groups excluding carboxylic acids is 2. The fraction of sp³-hybridized carbons (Fsp3) is 0.318. The Morgan fingerprint density at radius 2 is 1.93 bits per heavy atom. The third-order valence-corrected chi connectivity index (χ3v) is 6.74. The van der Waals surface area contributed by atoms with Crippen LogP contribution in [0.4, 0.5) is 5.13 Å². The van der Waals surface area contributed by atoms with Gasteiger partial charge < -0.3 is 10.2 Å². The second kappa shape index (κ2) is 7.02. The number of fused-ring (bicyclic) bond motifs is 2. The minimum atomic E-state index is 0.0518. The Balaban J connectivity index is 1.35. The fourth-order valence-corrected chi connectivity index (χ4v) is 4.91. The van der Waals surface area contributed by atoms with Crippen LogP contribution in [0.25, 0.3) is 10.8 Å². The summed E-state index contributed by atoms with van der Waals surface area (Å²) in [5, 5.41) is 5.69. The van der Waals surface area contributed by atoms with Crippen LogP contribution in [0.5, 0.6) is 0 Å². The molecule has 142 valence electrons.